The zero-order valence-electron chi connectivity index (χ0n) is 15.1. The van der Waals surface area contributed by atoms with E-state index in [4.69, 9.17) is 0 Å². The fourth-order valence-electron chi connectivity index (χ4n) is 1.90. The van der Waals surface area contributed by atoms with E-state index in [1.54, 1.807) is 0 Å². The number of nitrogens with zero attached hydrogens (tertiary/aromatic N) is 1. The molecule has 0 fully saturated rings. The number of alkyl halides is 18. The molecule has 0 aliphatic heterocycles. The molecular formula is C13H11F18N. The van der Waals surface area contributed by atoms with Crippen LogP contribution in [0.25, 0.3) is 0 Å². The highest BCUT2D eigenvalue weighted by Gasteiger charge is 2.82. The van der Waals surface area contributed by atoms with Crippen molar-refractivity contribution < 1.29 is 79.0 Å². The van der Waals surface area contributed by atoms with Crippen LogP contribution in [0, 0.1) is 0 Å². The molecular weight excluding hydrogens is 512 g/mol. The topological polar surface area (TPSA) is 3.24 Å². The molecule has 32 heavy (non-hydrogen) atoms. The lowest BCUT2D eigenvalue weighted by Gasteiger charge is -2.35. The predicted molar refractivity (Wildman–Crippen MR) is 68.5 cm³/mol. The lowest BCUT2D eigenvalue weighted by molar-refractivity contribution is -0.397. The van der Waals surface area contributed by atoms with E-state index >= 15 is 0 Å². The van der Waals surface area contributed by atoms with Crippen molar-refractivity contribution in [1.82, 2.24) is 4.90 Å². The van der Waals surface area contributed by atoms with Crippen LogP contribution in [0.3, 0.4) is 0 Å². The minimum Gasteiger partial charge on any atom is -0.306 e. The largest absolute Gasteiger partial charge is 0.460 e. The first kappa shape index (κ1) is 30.7. The summed E-state index contributed by atoms with van der Waals surface area (Å²) < 4.78 is 228. The SMILES string of the molecule is CN(CCC(F)(F)C(F)(F)C(F)(F)C(F)(F)F)CCC(F)(F)C(F)(F)C(F)(F)C(F)(F)F. The van der Waals surface area contributed by atoms with E-state index in [0.29, 0.717) is 7.05 Å². The van der Waals surface area contributed by atoms with E-state index in [1.165, 1.54) is 0 Å². The van der Waals surface area contributed by atoms with Crippen molar-refractivity contribution in [1.29, 1.82) is 0 Å². The molecule has 0 bridgehead atoms. The molecule has 0 aliphatic rings. The van der Waals surface area contributed by atoms with Crippen LogP contribution in [0.15, 0.2) is 0 Å². The Morgan fingerprint density at radius 2 is 0.625 bits per heavy atom. The second-order valence-corrected chi connectivity index (χ2v) is 6.51. The van der Waals surface area contributed by atoms with Gasteiger partial charge < -0.3 is 4.90 Å². The van der Waals surface area contributed by atoms with Crippen molar-refractivity contribution in [3.8, 4) is 0 Å². The van der Waals surface area contributed by atoms with E-state index in [0.717, 1.165) is 0 Å². The molecule has 0 saturated carbocycles. The highest BCUT2D eigenvalue weighted by atomic mass is 19.4. The molecule has 0 heterocycles. The van der Waals surface area contributed by atoms with Gasteiger partial charge in [-0.1, -0.05) is 0 Å². The Labute approximate surface area is 166 Å². The Bertz CT molecular complexity index is 576. The first-order chi connectivity index (χ1) is 13.6. The summed E-state index contributed by atoms with van der Waals surface area (Å²) in [6.07, 6.45) is -19.5. The summed E-state index contributed by atoms with van der Waals surface area (Å²) in [6.45, 7) is -3.51. The van der Waals surface area contributed by atoms with Crippen molar-refractivity contribution >= 4 is 0 Å². The van der Waals surface area contributed by atoms with Gasteiger partial charge in [-0.15, -0.1) is 0 Å². The molecule has 0 rings (SSSR count). The predicted octanol–water partition coefficient (Wildman–Crippen LogP) is 6.63. The summed E-state index contributed by atoms with van der Waals surface area (Å²) in [7, 11) is 0.353. The van der Waals surface area contributed by atoms with Gasteiger partial charge in [0.15, 0.2) is 0 Å². The Kier molecular flexibility index (Phi) is 8.14. The van der Waals surface area contributed by atoms with Crippen molar-refractivity contribution in [2.75, 3.05) is 20.1 Å². The van der Waals surface area contributed by atoms with E-state index < -0.39 is 73.8 Å². The third-order valence-electron chi connectivity index (χ3n) is 4.03. The fourth-order valence-corrected chi connectivity index (χ4v) is 1.90. The number of rotatable bonds is 10. The molecule has 1 nitrogen and oxygen atoms in total. The molecule has 0 atom stereocenters. The maximum absolute atomic E-state index is 13.3. The van der Waals surface area contributed by atoms with E-state index in [2.05, 4.69) is 0 Å². The fraction of sp³-hybridized carbons (Fsp3) is 1.00. The van der Waals surface area contributed by atoms with Gasteiger partial charge in [0.2, 0.25) is 0 Å². The molecule has 19 heteroatoms. The quantitative estimate of drug-likeness (QED) is 0.291. The molecule has 0 N–H and O–H groups in total. The lowest BCUT2D eigenvalue weighted by Crippen LogP contribution is -2.61. The van der Waals surface area contributed by atoms with Crippen molar-refractivity contribution in [3.05, 3.63) is 0 Å². The van der Waals surface area contributed by atoms with Crippen LogP contribution in [-0.4, -0.2) is 72.9 Å². The standard InChI is InChI=1S/C13H11F18N/c1-32(4-2-6(14,15)8(18,19)10(22,23)12(26,27)28)5-3-7(16,17)9(20,21)11(24,25)13(29,30)31/h2-5H2,1H3. The van der Waals surface area contributed by atoms with Crippen LogP contribution in [0.2, 0.25) is 0 Å². The average Bonchev–Trinajstić information content (AvgIpc) is 2.55. The number of hydrogen-bond acceptors (Lipinski definition) is 1. The van der Waals surface area contributed by atoms with Crippen LogP contribution in [0.1, 0.15) is 12.8 Å². The summed E-state index contributed by atoms with van der Waals surface area (Å²) in [6, 6.07) is 0. The van der Waals surface area contributed by atoms with Gasteiger partial charge in [-0.3, -0.25) is 0 Å². The number of hydrogen-bond donors (Lipinski definition) is 0. The normalized spacial score (nSPS) is 16.1. The highest BCUT2D eigenvalue weighted by molar-refractivity contribution is 5.01. The Morgan fingerprint density at radius 3 is 0.812 bits per heavy atom. The van der Waals surface area contributed by atoms with Gasteiger partial charge in [0.25, 0.3) is 0 Å². The molecule has 0 aliphatic carbocycles. The molecule has 0 amide bonds. The average molecular weight is 523 g/mol. The lowest BCUT2D eigenvalue weighted by atomic mass is 10.00. The molecule has 0 spiro atoms. The van der Waals surface area contributed by atoms with E-state index in [1.807, 2.05) is 0 Å². The van der Waals surface area contributed by atoms with Gasteiger partial charge in [0.05, 0.1) is 0 Å². The zero-order chi connectivity index (χ0) is 26.4. The van der Waals surface area contributed by atoms with Crippen LogP contribution in [-0.2, 0) is 0 Å². The second-order valence-electron chi connectivity index (χ2n) is 6.51. The van der Waals surface area contributed by atoms with Gasteiger partial charge in [-0.2, -0.15) is 79.0 Å². The van der Waals surface area contributed by atoms with Gasteiger partial charge in [-0.25, -0.2) is 0 Å². The zero-order valence-corrected chi connectivity index (χ0v) is 15.1. The molecule has 0 aromatic rings. The maximum Gasteiger partial charge on any atom is 0.460 e. The molecule has 0 unspecified atom stereocenters. The third kappa shape index (κ3) is 5.26. The Hall–Kier alpha value is -1.30. The first-order valence-corrected chi connectivity index (χ1v) is 7.69. The highest BCUT2D eigenvalue weighted by Crippen LogP contribution is 2.55. The van der Waals surface area contributed by atoms with Crippen LogP contribution >= 0.6 is 0 Å². The molecule has 0 aromatic carbocycles. The molecule has 0 radical (unpaired) electrons. The Morgan fingerprint density at radius 1 is 0.406 bits per heavy atom. The minimum atomic E-state index is -7.25. The summed E-state index contributed by atoms with van der Waals surface area (Å²) in [5, 5.41) is 0. The summed E-state index contributed by atoms with van der Waals surface area (Å²) in [5.41, 5.74) is 0. The smallest absolute Gasteiger partial charge is 0.306 e. The van der Waals surface area contributed by atoms with Crippen molar-refractivity contribution in [2.45, 2.75) is 60.7 Å². The van der Waals surface area contributed by atoms with Gasteiger partial charge in [-0.05, 0) is 7.05 Å². The van der Waals surface area contributed by atoms with E-state index in [-0.39, 0.29) is 4.90 Å². The molecule has 0 aromatic heterocycles. The van der Waals surface area contributed by atoms with Gasteiger partial charge >= 0.3 is 47.9 Å². The number of halogens is 18. The monoisotopic (exact) mass is 523 g/mol. The van der Waals surface area contributed by atoms with Crippen molar-refractivity contribution in [2.24, 2.45) is 0 Å². The second kappa shape index (κ2) is 8.48. The maximum atomic E-state index is 13.3. The van der Waals surface area contributed by atoms with E-state index in [9.17, 15) is 79.0 Å². The summed E-state index contributed by atoms with van der Waals surface area (Å²) in [4.78, 5) is -0.0918. The molecule has 194 valence electrons. The van der Waals surface area contributed by atoms with Gasteiger partial charge in [0.1, 0.15) is 0 Å². The third-order valence-corrected chi connectivity index (χ3v) is 4.03. The van der Waals surface area contributed by atoms with Crippen molar-refractivity contribution in [3.63, 3.8) is 0 Å². The van der Waals surface area contributed by atoms with Crippen LogP contribution in [0.4, 0.5) is 79.0 Å². The summed E-state index contributed by atoms with van der Waals surface area (Å²) in [5.74, 6) is -40.9. The minimum absolute atomic E-state index is 0.0918. The van der Waals surface area contributed by atoms with Gasteiger partial charge in [0, 0.05) is 25.9 Å². The summed E-state index contributed by atoms with van der Waals surface area (Å²) >= 11 is 0. The Balaban J connectivity index is 5.32. The molecule has 0 saturated heterocycles. The van der Waals surface area contributed by atoms with Crippen LogP contribution < -0.4 is 0 Å². The first-order valence-electron chi connectivity index (χ1n) is 7.69. The van der Waals surface area contributed by atoms with Crippen LogP contribution in [0.5, 0.6) is 0 Å².